The van der Waals surface area contributed by atoms with Crippen molar-refractivity contribution >= 4 is 0 Å². The molecule has 0 spiro atoms. The quantitative estimate of drug-likeness (QED) is 0.860. The van der Waals surface area contributed by atoms with E-state index in [1.54, 1.807) is 0 Å². The number of hydrogen-bond donors (Lipinski definition) is 2. The molecule has 1 aliphatic rings. The second kappa shape index (κ2) is 6.57. The van der Waals surface area contributed by atoms with Crippen molar-refractivity contribution in [3.63, 3.8) is 0 Å². The Bertz CT molecular complexity index is 589. The normalized spacial score (nSPS) is 17.7. The van der Waals surface area contributed by atoms with Crippen LogP contribution in [0.15, 0.2) is 48.8 Å². The van der Waals surface area contributed by atoms with Crippen molar-refractivity contribution in [1.29, 1.82) is 0 Å². The number of nitrogens with one attached hydrogen (secondary N) is 1. The number of hydrogen-bond acceptors (Lipinski definition) is 4. The average Bonchev–Trinajstić information content (AvgIpc) is 2.55. The first-order valence-corrected chi connectivity index (χ1v) is 7.65. The van der Waals surface area contributed by atoms with Gasteiger partial charge in [0.05, 0.1) is 25.2 Å². The van der Waals surface area contributed by atoms with Crippen LogP contribution in [0.3, 0.4) is 0 Å². The number of pyridine rings is 1. The number of aliphatic hydroxyl groups is 1. The van der Waals surface area contributed by atoms with Gasteiger partial charge in [0.2, 0.25) is 0 Å². The monoisotopic (exact) mass is 298 g/mol. The smallest absolute Gasteiger partial charge is 0.0579 e. The van der Waals surface area contributed by atoms with Crippen molar-refractivity contribution in [3.8, 4) is 11.1 Å². The lowest BCUT2D eigenvalue weighted by atomic mass is 9.86. The van der Waals surface area contributed by atoms with Crippen LogP contribution in [-0.2, 0) is 4.74 Å². The SMILES string of the molecule is CC(NCC1(CO)COC1)c1ccc(-c2ccncc2)cc1. The molecule has 4 nitrogen and oxygen atoms in total. The van der Waals surface area contributed by atoms with E-state index in [0.29, 0.717) is 13.2 Å². The number of ether oxygens (including phenoxy) is 1. The standard InChI is InChI=1S/C18H22N2O2/c1-14(20-10-18(11-21)12-22-13-18)15-2-4-16(5-3-15)17-6-8-19-9-7-17/h2-9,14,20-21H,10-13H2,1H3. The van der Waals surface area contributed by atoms with E-state index in [1.165, 1.54) is 16.7 Å². The zero-order chi connectivity index (χ0) is 15.4. The Morgan fingerprint density at radius 2 is 1.77 bits per heavy atom. The number of rotatable bonds is 6. The zero-order valence-corrected chi connectivity index (χ0v) is 12.8. The van der Waals surface area contributed by atoms with Gasteiger partial charge >= 0.3 is 0 Å². The minimum absolute atomic E-state index is 0.0920. The molecule has 1 fully saturated rings. The zero-order valence-electron chi connectivity index (χ0n) is 12.8. The van der Waals surface area contributed by atoms with E-state index in [2.05, 4.69) is 41.5 Å². The summed E-state index contributed by atoms with van der Waals surface area (Å²) in [4.78, 5) is 4.04. The highest BCUT2D eigenvalue weighted by atomic mass is 16.5. The van der Waals surface area contributed by atoms with E-state index in [9.17, 15) is 5.11 Å². The molecular weight excluding hydrogens is 276 g/mol. The molecule has 3 rings (SSSR count). The van der Waals surface area contributed by atoms with Crippen LogP contribution in [0.4, 0.5) is 0 Å². The van der Waals surface area contributed by atoms with Gasteiger partial charge in [-0.25, -0.2) is 0 Å². The first-order chi connectivity index (χ1) is 10.7. The van der Waals surface area contributed by atoms with Crippen molar-refractivity contribution in [2.24, 2.45) is 5.41 Å². The van der Waals surface area contributed by atoms with E-state index in [4.69, 9.17) is 4.74 Å². The average molecular weight is 298 g/mol. The largest absolute Gasteiger partial charge is 0.396 e. The van der Waals surface area contributed by atoms with Gasteiger partial charge in [-0.1, -0.05) is 24.3 Å². The lowest BCUT2D eigenvalue weighted by Gasteiger charge is -2.40. The van der Waals surface area contributed by atoms with E-state index in [1.807, 2.05) is 24.5 Å². The van der Waals surface area contributed by atoms with Crippen LogP contribution in [0.1, 0.15) is 18.5 Å². The lowest BCUT2D eigenvalue weighted by molar-refractivity contribution is -0.135. The molecule has 1 saturated heterocycles. The van der Waals surface area contributed by atoms with Crippen LogP contribution in [0.25, 0.3) is 11.1 Å². The van der Waals surface area contributed by atoms with Crippen LogP contribution < -0.4 is 5.32 Å². The minimum atomic E-state index is -0.0920. The maximum absolute atomic E-state index is 9.46. The fourth-order valence-electron chi connectivity index (χ4n) is 2.64. The molecule has 0 saturated carbocycles. The predicted molar refractivity (Wildman–Crippen MR) is 86.4 cm³/mol. The van der Waals surface area contributed by atoms with Gasteiger partial charge in [0.25, 0.3) is 0 Å². The third-order valence-electron chi connectivity index (χ3n) is 4.36. The second-order valence-electron chi connectivity index (χ2n) is 6.11. The van der Waals surface area contributed by atoms with Gasteiger partial charge < -0.3 is 15.2 Å². The first-order valence-electron chi connectivity index (χ1n) is 7.65. The number of benzene rings is 1. The first kappa shape index (κ1) is 15.2. The van der Waals surface area contributed by atoms with Crippen molar-refractivity contribution in [2.75, 3.05) is 26.4 Å². The molecule has 4 heteroatoms. The number of aromatic nitrogens is 1. The van der Waals surface area contributed by atoms with E-state index < -0.39 is 0 Å². The third-order valence-corrected chi connectivity index (χ3v) is 4.36. The highest BCUT2D eigenvalue weighted by molar-refractivity contribution is 5.62. The molecule has 0 amide bonds. The van der Waals surface area contributed by atoms with Crippen LogP contribution in [0.5, 0.6) is 0 Å². The summed E-state index contributed by atoms with van der Waals surface area (Å²) < 4.78 is 5.23. The molecule has 0 bridgehead atoms. The highest BCUT2D eigenvalue weighted by Crippen LogP contribution is 2.27. The van der Waals surface area contributed by atoms with Crippen LogP contribution in [0.2, 0.25) is 0 Å². The highest BCUT2D eigenvalue weighted by Gasteiger charge is 2.37. The van der Waals surface area contributed by atoms with Crippen molar-refractivity contribution in [3.05, 3.63) is 54.4 Å². The molecule has 1 atom stereocenters. The molecule has 116 valence electrons. The molecule has 1 aromatic carbocycles. The Labute approximate surface area is 131 Å². The summed E-state index contributed by atoms with van der Waals surface area (Å²) >= 11 is 0. The van der Waals surface area contributed by atoms with Crippen molar-refractivity contribution in [1.82, 2.24) is 10.3 Å². The third kappa shape index (κ3) is 3.19. The second-order valence-corrected chi connectivity index (χ2v) is 6.11. The Morgan fingerprint density at radius 3 is 2.32 bits per heavy atom. The van der Waals surface area contributed by atoms with Gasteiger partial charge in [0, 0.05) is 25.0 Å². The molecule has 1 aromatic heterocycles. The van der Waals surface area contributed by atoms with Crippen LogP contribution in [0, 0.1) is 5.41 Å². The molecular formula is C18H22N2O2. The molecule has 1 unspecified atom stereocenters. The van der Waals surface area contributed by atoms with Gasteiger partial charge in [0.1, 0.15) is 0 Å². The maximum Gasteiger partial charge on any atom is 0.0579 e. The summed E-state index contributed by atoms with van der Waals surface area (Å²) in [6.45, 7) is 4.38. The van der Waals surface area contributed by atoms with E-state index >= 15 is 0 Å². The topological polar surface area (TPSA) is 54.4 Å². The summed E-state index contributed by atoms with van der Waals surface area (Å²) in [5, 5.41) is 13.0. The van der Waals surface area contributed by atoms with Gasteiger partial charge in [-0.2, -0.15) is 0 Å². The maximum atomic E-state index is 9.46. The Balaban J connectivity index is 1.62. The van der Waals surface area contributed by atoms with E-state index in [0.717, 1.165) is 6.54 Å². The molecule has 22 heavy (non-hydrogen) atoms. The lowest BCUT2D eigenvalue weighted by Crippen LogP contribution is -2.52. The number of aliphatic hydroxyl groups excluding tert-OH is 1. The molecule has 2 heterocycles. The minimum Gasteiger partial charge on any atom is -0.396 e. The van der Waals surface area contributed by atoms with Crippen LogP contribution in [-0.4, -0.2) is 36.5 Å². The molecule has 1 aliphatic heterocycles. The summed E-state index contributed by atoms with van der Waals surface area (Å²) in [5.41, 5.74) is 3.52. The summed E-state index contributed by atoms with van der Waals surface area (Å²) in [6, 6.07) is 12.8. The Kier molecular flexibility index (Phi) is 4.52. The molecule has 2 N–H and O–H groups in total. The predicted octanol–water partition coefficient (Wildman–Crippen LogP) is 2.41. The fourth-order valence-corrected chi connectivity index (χ4v) is 2.64. The molecule has 0 aliphatic carbocycles. The molecule has 2 aromatic rings. The van der Waals surface area contributed by atoms with Gasteiger partial charge in [-0.05, 0) is 35.7 Å². The van der Waals surface area contributed by atoms with Gasteiger partial charge in [-0.15, -0.1) is 0 Å². The van der Waals surface area contributed by atoms with Crippen molar-refractivity contribution < 1.29 is 9.84 Å². The summed E-state index contributed by atoms with van der Waals surface area (Å²) in [7, 11) is 0. The van der Waals surface area contributed by atoms with Gasteiger partial charge in [-0.3, -0.25) is 4.98 Å². The molecule has 0 radical (unpaired) electrons. The number of nitrogens with zero attached hydrogens (tertiary/aromatic N) is 1. The van der Waals surface area contributed by atoms with Gasteiger partial charge in [0.15, 0.2) is 0 Å². The van der Waals surface area contributed by atoms with Crippen LogP contribution >= 0.6 is 0 Å². The summed E-state index contributed by atoms with van der Waals surface area (Å²) in [5.74, 6) is 0. The fraction of sp³-hybridized carbons (Fsp3) is 0.389. The Morgan fingerprint density at radius 1 is 1.14 bits per heavy atom. The van der Waals surface area contributed by atoms with E-state index in [-0.39, 0.29) is 18.1 Å². The van der Waals surface area contributed by atoms with Crippen molar-refractivity contribution in [2.45, 2.75) is 13.0 Å². The summed E-state index contributed by atoms with van der Waals surface area (Å²) in [6.07, 6.45) is 3.62. The Hall–Kier alpha value is -1.75.